The summed E-state index contributed by atoms with van der Waals surface area (Å²) in [5.74, 6) is 1.00. The molecule has 0 aliphatic carbocycles. The molecule has 2 heterocycles. The van der Waals surface area contributed by atoms with Gasteiger partial charge in [-0.15, -0.1) is 10.2 Å². The molecule has 0 N–H and O–H groups in total. The Morgan fingerprint density at radius 3 is 2.81 bits per heavy atom. The van der Waals surface area contributed by atoms with Crippen LogP contribution in [0.4, 0.5) is 0 Å². The van der Waals surface area contributed by atoms with Gasteiger partial charge in [0.15, 0.2) is 16.1 Å². The van der Waals surface area contributed by atoms with Crippen LogP contribution in [0.25, 0.3) is 0 Å². The lowest BCUT2D eigenvalue weighted by Crippen LogP contribution is -2.21. The minimum atomic E-state index is 0.247. The summed E-state index contributed by atoms with van der Waals surface area (Å²) in [5.41, 5.74) is 0. The van der Waals surface area contributed by atoms with Crippen molar-refractivity contribution in [1.29, 1.82) is 0 Å². The molecule has 1 aromatic heterocycles. The summed E-state index contributed by atoms with van der Waals surface area (Å²) in [4.78, 5) is 0. The maximum atomic E-state index is 5.83. The van der Waals surface area contributed by atoms with Crippen LogP contribution in [-0.4, -0.2) is 30.0 Å². The quantitative estimate of drug-likeness (QED) is 0.840. The number of aromatic nitrogens is 2. The van der Waals surface area contributed by atoms with Crippen molar-refractivity contribution in [3.8, 4) is 5.75 Å². The highest BCUT2D eigenvalue weighted by Gasteiger charge is 2.15. The van der Waals surface area contributed by atoms with Crippen molar-refractivity contribution in [2.24, 2.45) is 5.92 Å². The van der Waals surface area contributed by atoms with E-state index in [0.717, 1.165) is 26.1 Å². The Labute approximate surface area is 104 Å². The summed E-state index contributed by atoms with van der Waals surface area (Å²) in [6, 6.07) is 1.58. The zero-order valence-corrected chi connectivity index (χ0v) is 10.2. The van der Waals surface area contributed by atoms with E-state index < -0.39 is 0 Å². The molecule has 1 aromatic rings. The molecule has 0 unspecified atom stereocenters. The Morgan fingerprint density at radius 1 is 1.31 bits per heavy atom. The normalized spacial score (nSPS) is 17.4. The van der Waals surface area contributed by atoms with Crippen molar-refractivity contribution in [1.82, 2.24) is 10.2 Å². The molecule has 88 valence electrons. The fourth-order valence-corrected chi connectivity index (χ4v) is 1.84. The SMILES string of the molecule is Clc1cc(OCC2CCOCC2)c(Cl)nn1. The molecular weight excluding hydrogens is 251 g/mol. The lowest BCUT2D eigenvalue weighted by Gasteiger charge is -2.22. The summed E-state index contributed by atoms with van der Waals surface area (Å²) in [6.45, 7) is 2.22. The highest BCUT2D eigenvalue weighted by Crippen LogP contribution is 2.25. The fraction of sp³-hybridized carbons (Fsp3) is 0.600. The summed E-state index contributed by atoms with van der Waals surface area (Å²) in [6.07, 6.45) is 2.04. The van der Waals surface area contributed by atoms with E-state index in [1.807, 2.05) is 0 Å². The third-order valence-electron chi connectivity index (χ3n) is 2.50. The molecule has 0 radical (unpaired) electrons. The monoisotopic (exact) mass is 262 g/mol. The molecule has 0 saturated carbocycles. The predicted octanol–water partition coefficient (Wildman–Crippen LogP) is 2.59. The van der Waals surface area contributed by atoms with Crippen LogP contribution in [-0.2, 0) is 4.74 Å². The fourth-order valence-electron chi connectivity index (χ4n) is 1.56. The van der Waals surface area contributed by atoms with Gasteiger partial charge in [-0.2, -0.15) is 0 Å². The third-order valence-corrected chi connectivity index (χ3v) is 2.95. The molecule has 1 aliphatic rings. The zero-order chi connectivity index (χ0) is 11.4. The van der Waals surface area contributed by atoms with Gasteiger partial charge in [-0.3, -0.25) is 0 Å². The summed E-state index contributed by atoms with van der Waals surface area (Å²) >= 11 is 11.5. The first kappa shape index (κ1) is 11.9. The van der Waals surface area contributed by atoms with Gasteiger partial charge < -0.3 is 9.47 Å². The van der Waals surface area contributed by atoms with E-state index in [1.165, 1.54) is 0 Å². The molecule has 1 fully saturated rings. The lowest BCUT2D eigenvalue weighted by atomic mass is 10.0. The molecule has 1 saturated heterocycles. The van der Waals surface area contributed by atoms with Crippen LogP contribution in [0.2, 0.25) is 10.3 Å². The number of ether oxygens (including phenoxy) is 2. The van der Waals surface area contributed by atoms with E-state index in [0.29, 0.717) is 18.3 Å². The van der Waals surface area contributed by atoms with Gasteiger partial charge in [-0.1, -0.05) is 23.2 Å². The molecule has 0 atom stereocenters. The van der Waals surface area contributed by atoms with E-state index in [9.17, 15) is 0 Å². The van der Waals surface area contributed by atoms with Crippen molar-refractivity contribution >= 4 is 23.2 Å². The van der Waals surface area contributed by atoms with Crippen LogP contribution in [0.1, 0.15) is 12.8 Å². The number of hydrogen-bond donors (Lipinski definition) is 0. The summed E-state index contributed by atoms with van der Waals surface area (Å²) in [5, 5.41) is 7.82. The van der Waals surface area contributed by atoms with Crippen LogP contribution >= 0.6 is 23.2 Å². The Kier molecular flexibility index (Phi) is 4.21. The average Bonchev–Trinajstić information content (AvgIpc) is 2.32. The molecule has 1 aliphatic heterocycles. The van der Waals surface area contributed by atoms with Gasteiger partial charge in [0, 0.05) is 19.3 Å². The van der Waals surface area contributed by atoms with Crippen molar-refractivity contribution in [3.05, 3.63) is 16.4 Å². The van der Waals surface area contributed by atoms with Gasteiger partial charge in [0.05, 0.1) is 6.61 Å². The third kappa shape index (κ3) is 3.20. The average molecular weight is 263 g/mol. The first-order chi connectivity index (χ1) is 7.75. The van der Waals surface area contributed by atoms with Gasteiger partial charge in [0.2, 0.25) is 0 Å². The van der Waals surface area contributed by atoms with Crippen LogP contribution < -0.4 is 4.74 Å². The van der Waals surface area contributed by atoms with E-state index in [1.54, 1.807) is 6.07 Å². The molecule has 0 spiro atoms. The maximum absolute atomic E-state index is 5.83. The zero-order valence-electron chi connectivity index (χ0n) is 8.66. The van der Waals surface area contributed by atoms with Gasteiger partial charge >= 0.3 is 0 Å². The molecule has 4 nitrogen and oxygen atoms in total. The van der Waals surface area contributed by atoms with E-state index in [2.05, 4.69) is 10.2 Å². The van der Waals surface area contributed by atoms with Gasteiger partial charge in [-0.05, 0) is 18.8 Å². The Morgan fingerprint density at radius 2 is 2.06 bits per heavy atom. The number of hydrogen-bond acceptors (Lipinski definition) is 4. The van der Waals surface area contributed by atoms with Gasteiger partial charge in [-0.25, -0.2) is 0 Å². The second-order valence-corrected chi connectivity index (χ2v) is 4.43. The summed E-state index contributed by atoms with van der Waals surface area (Å²) in [7, 11) is 0. The van der Waals surface area contributed by atoms with Crippen LogP contribution in [0.3, 0.4) is 0 Å². The highest BCUT2D eigenvalue weighted by atomic mass is 35.5. The Bertz CT molecular complexity index is 357. The van der Waals surface area contributed by atoms with E-state index in [-0.39, 0.29) is 10.3 Å². The Hall–Kier alpha value is -0.580. The van der Waals surface area contributed by atoms with Crippen molar-refractivity contribution in [2.75, 3.05) is 19.8 Å². The Balaban J connectivity index is 1.90. The van der Waals surface area contributed by atoms with Crippen molar-refractivity contribution in [3.63, 3.8) is 0 Å². The second-order valence-electron chi connectivity index (χ2n) is 3.69. The smallest absolute Gasteiger partial charge is 0.193 e. The topological polar surface area (TPSA) is 44.2 Å². The number of rotatable bonds is 3. The molecule has 2 rings (SSSR count). The molecule has 0 aromatic carbocycles. The summed E-state index contributed by atoms with van der Waals surface area (Å²) < 4.78 is 10.9. The minimum absolute atomic E-state index is 0.247. The van der Waals surface area contributed by atoms with Crippen LogP contribution in [0.5, 0.6) is 5.75 Å². The second kappa shape index (κ2) is 5.66. The number of halogens is 2. The van der Waals surface area contributed by atoms with Gasteiger partial charge in [0.1, 0.15) is 0 Å². The molecule has 16 heavy (non-hydrogen) atoms. The van der Waals surface area contributed by atoms with Crippen molar-refractivity contribution < 1.29 is 9.47 Å². The van der Waals surface area contributed by atoms with Crippen molar-refractivity contribution in [2.45, 2.75) is 12.8 Å². The first-order valence-electron chi connectivity index (χ1n) is 5.15. The minimum Gasteiger partial charge on any atom is -0.490 e. The molecule has 6 heteroatoms. The molecule has 0 amide bonds. The van der Waals surface area contributed by atoms with Crippen LogP contribution in [0.15, 0.2) is 6.07 Å². The first-order valence-corrected chi connectivity index (χ1v) is 5.90. The maximum Gasteiger partial charge on any atom is 0.193 e. The van der Waals surface area contributed by atoms with Gasteiger partial charge in [0.25, 0.3) is 0 Å². The van der Waals surface area contributed by atoms with E-state index in [4.69, 9.17) is 32.7 Å². The predicted molar refractivity (Wildman–Crippen MR) is 61.1 cm³/mol. The molecular formula is C10H12Cl2N2O2. The number of nitrogens with zero attached hydrogens (tertiary/aromatic N) is 2. The largest absolute Gasteiger partial charge is 0.490 e. The van der Waals surface area contributed by atoms with E-state index >= 15 is 0 Å². The van der Waals surface area contributed by atoms with Crippen LogP contribution in [0, 0.1) is 5.92 Å². The highest BCUT2D eigenvalue weighted by molar-refractivity contribution is 6.32. The lowest BCUT2D eigenvalue weighted by molar-refractivity contribution is 0.0497. The molecule has 0 bridgehead atoms. The standard InChI is InChI=1S/C10H12Cl2N2O2/c11-9-5-8(10(12)14-13-9)16-6-7-1-3-15-4-2-7/h5,7H,1-4,6H2.